The van der Waals surface area contributed by atoms with Crippen molar-refractivity contribution in [1.29, 1.82) is 0 Å². The van der Waals surface area contributed by atoms with Crippen molar-refractivity contribution in [3.8, 4) is 5.82 Å². The van der Waals surface area contributed by atoms with Crippen molar-refractivity contribution in [2.75, 3.05) is 5.32 Å². The van der Waals surface area contributed by atoms with E-state index >= 15 is 0 Å². The van der Waals surface area contributed by atoms with E-state index in [2.05, 4.69) is 25.4 Å². The molecule has 0 spiro atoms. The summed E-state index contributed by atoms with van der Waals surface area (Å²) in [7, 11) is 0. The van der Waals surface area contributed by atoms with Crippen molar-refractivity contribution < 1.29 is 0 Å². The molecule has 0 fully saturated rings. The number of nitrogens with zero attached hydrogens (tertiary/aromatic N) is 5. The summed E-state index contributed by atoms with van der Waals surface area (Å²) in [6, 6.07) is 3.88. The molecule has 0 atom stereocenters. The third-order valence-electron chi connectivity index (χ3n) is 2.85. The molecule has 0 saturated heterocycles. The number of aryl methyl sites for hydroxylation is 2. The molecule has 102 valence electrons. The van der Waals surface area contributed by atoms with E-state index < -0.39 is 0 Å². The van der Waals surface area contributed by atoms with E-state index in [0.717, 1.165) is 28.8 Å². The summed E-state index contributed by atoms with van der Waals surface area (Å²) in [6.07, 6.45) is 4.90. The van der Waals surface area contributed by atoms with Gasteiger partial charge in [0.15, 0.2) is 5.82 Å². The molecule has 0 aromatic carbocycles. The predicted molar refractivity (Wildman–Crippen MR) is 78.1 cm³/mol. The summed E-state index contributed by atoms with van der Waals surface area (Å²) in [5.74, 6) is 0.748. The van der Waals surface area contributed by atoms with E-state index in [9.17, 15) is 0 Å². The highest BCUT2D eigenvalue weighted by Gasteiger charge is 2.05. The molecule has 0 radical (unpaired) electrons. The van der Waals surface area contributed by atoms with Gasteiger partial charge in [0.1, 0.15) is 12.7 Å². The van der Waals surface area contributed by atoms with Crippen molar-refractivity contribution in [1.82, 2.24) is 24.7 Å². The maximum Gasteiger partial charge on any atom is 0.155 e. The number of hydrogen-bond donors (Lipinski definition) is 1. The molecule has 3 aromatic heterocycles. The standard InChI is InChI=1S/C13H14N6S/c1-9-12(20-10(2)18-9)6-15-11-3-4-13(16-5-11)19-8-14-7-17-19/h3-5,7-8,15H,6H2,1-2H3. The highest BCUT2D eigenvalue weighted by atomic mass is 32.1. The van der Waals surface area contributed by atoms with E-state index in [-0.39, 0.29) is 0 Å². The molecule has 3 rings (SSSR count). The molecule has 0 aliphatic carbocycles. The van der Waals surface area contributed by atoms with Crippen molar-refractivity contribution >= 4 is 17.0 Å². The minimum atomic E-state index is 0.748. The zero-order chi connectivity index (χ0) is 13.9. The zero-order valence-corrected chi connectivity index (χ0v) is 12.1. The summed E-state index contributed by atoms with van der Waals surface area (Å²) < 4.78 is 1.63. The van der Waals surface area contributed by atoms with E-state index in [0.29, 0.717) is 0 Å². The van der Waals surface area contributed by atoms with Gasteiger partial charge < -0.3 is 5.32 Å². The Labute approximate surface area is 120 Å². The summed E-state index contributed by atoms with van der Waals surface area (Å²) in [4.78, 5) is 13.9. The minimum absolute atomic E-state index is 0.748. The second-order valence-corrected chi connectivity index (χ2v) is 5.63. The highest BCUT2D eigenvalue weighted by molar-refractivity contribution is 7.11. The van der Waals surface area contributed by atoms with Gasteiger partial charge in [-0.05, 0) is 26.0 Å². The first-order chi connectivity index (χ1) is 9.72. The smallest absolute Gasteiger partial charge is 0.155 e. The third kappa shape index (κ3) is 2.67. The fourth-order valence-corrected chi connectivity index (χ4v) is 2.75. The van der Waals surface area contributed by atoms with Crippen LogP contribution in [0.1, 0.15) is 15.6 Å². The second kappa shape index (κ2) is 5.38. The Morgan fingerprint density at radius 2 is 2.20 bits per heavy atom. The van der Waals surface area contributed by atoms with E-state index in [1.807, 2.05) is 26.0 Å². The first-order valence-corrected chi connectivity index (χ1v) is 7.02. The molecule has 6 nitrogen and oxygen atoms in total. The Balaban J connectivity index is 1.68. The summed E-state index contributed by atoms with van der Waals surface area (Å²) in [5, 5.41) is 8.49. The molecule has 0 aliphatic rings. The largest absolute Gasteiger partial charge is 0.379 e. The van der Waals surface area contributed by atoms with Gasteiger partial charge in [-0.15, -0.1) is 11.3 Å². The second-order valence-electron chi connectivity index (χ2n) is 4.34. The Morgan fingerprint density at radius 3 is 2.80 bits per heavy atom. The van der Waals surface area contributed by atoms with Crippen molar-refractivity contribution in [2.24, 2.45) is 0 Å². The van der Waals surface area contributed by atoms with Gasteiger partial charge in [0.05, 0.1) is 29.1 Å². The summed E-state index contributed by atoms with van der Waals surface area (Å²) in [5.41, 5.74) is 2.06. The molecule has 0 saturated carbocycles. The van der Waals surface area contributed by atoms with Crippen molar-refractivity contribution in [3.05, 3.63) is 46.6 Å². The molecular formula is C13H14N6S. The van der Waals surface area contributed by atoms with Gasteiger partial charge >= 0.3 is 0 Å². The van der Waals surface area contributed by atoms with Crippen LogP contribution in [-0.4, -0.2) is 24.7 Å². The molecule has 0 amide bonds. The van der Waals surface area contributed by atoms with Crippen LogP contribution in [0.5, 0.6) is 0 Å². The topological polar surface area (TPSA) is 68.5 Å². The third-order valence-corrected chi connectivity index (χ3v) is 3.93. The molecule has 7 heteroatoms. The monoisotopic (exact) mass is 286 g/mol. The average Bonchev–Trinajstić information content (AvgIpc) is 3.07. The van der Waals surface area contributed by atoms with Gasteiger partial charge in [-0.2, -0.15) is 5.10 Å². The maximum absolute atomic E-state index is 4.42. The van der Waals surface area contributed by atoms with Crippen LogP contribution in [0, 0.1) is 13.8 Å². The van der Waals surface area contributed by atoms with Crippen LogP contribution in [0.25, 0.3) is 5.82 Å². The van der Waals surface area contributed by atoms with Gasteiger partial charge in [-0.3, -0.25) is 0 Å². The molecule has 20 heavy (non-hydrogen) atoms. The van der Waals surface area contributed by atoms with Crippen molar-refractivity contribution in [2.45, 2.75) is 20.4 Å². The lowest BCUT2D eigenvalue weighted by molar-refractivity contribution is 0.845. The van der Waals surface area contributed by atoms with Crippen LogP contribution in [-0.2, 0) is 6.54 Å². The predicted octanol–water partition coefficient (Wildman–Crippen LogP) is 2.35. The average molecular weight is 286 g/mol. The number of hydrogen-bond acceptors (Lipinski definition) is 6. The fourth-order valence-electron chi connectivity index (χ4n) is 1.87. The zero-order valence-electron chi connectivity index (χ0n) is 11.2. The number of aromatic nitrogens is 5. The van der Waals surface area contributed by atoms with Crippen molar-refractivity contribution in [3.63, 3.8) is 0 Å². The van der Waals surface area contributed by atoms with Gasteiger partial charge in [0.25, 0.3) is 0 Å². The minimum Gasteiger partial charge on any atom is -0.379 e. The molecule has 1 N–H and O–H groups in total. The normalized spacial score (nSPS) is 10.7. The van der Waals surface area contributed by atoms with Gasteiger partial charge in [0.2, 0.25) is 0 Å². The van der Waals surface area contributed by atoms with Gasteiger partial charge in [-0.25, -0.2) is 19.6 Å². The molecule has 0 bridgehead atoms. The first kappa shape index (κ1) is 12.7. The number of thiazole rings is 1. The number of anilines is 1. The Kier molecular flexibility index (Phi) is 3.42. The molecule has 3 heterocycles. The van der Waals surface area contributed by atoms with Crippen LogP contribution < -0.4 is 5.32 Å². The van der Waals surface area contributed by atoms with Gasteiger partial charge in [-0.1, -0.05) is 0 Å². The van der Waals surface area contributed by atoms with Crippen LogP contribution in [0.2, 0.25) is 0 Å². The van der Waals surface area contributed by atoms with E-state index in [4.69, 9.17) is 0 Å². The van der Waals surface area contributed by atoms with Gasteiger partial charge in [0, 0.05) is 4.88 Å². The van der Waals surface area contributed by atoms with E-state index in [1.165, 1.54) is 11.2 Å². The number of nitrogens with one attached hydrogen (secondary N) is 1. The quantitative estimate of drug-likeness (QED) is 0.797. The fraction of sp³-hybridized carbons (Fsp3) is 0.231. The lowest BCUT2D eigenvalue weighted by Gasteiger charge is -2.06. The number of pyridine rings is 1. The Bertz CT molecular complexity index is 686. The first-order valence-electron chi connectivity index (χ1n) is 6.20. The van der Waals surface area contributed by atoms with Crippen LogP contribution in [0.15, 0.2) is 31.0 Å². The lowest BCUT2D eigenvalue weighted by Crippen LogP contribution is -2.02. The molecule has 3 aromatic rings. The molecule has 0 unspecified atom stereocenters. The van der Waals surface area contributed by atoms with Crippen LogP contribution in [0.3, 0.4) is 0 Å². The highest BCUT2D eigenvalue weighted by Crippen LogP contribution is 2.18. The number of rotatable bonds is 4. The SMILES string of the molecule is Cc1nc(C)c(CNc2ccc(-n3cncn3)nc2)s1. The van der Waals surface area contributed by atoms with E-state index in [1.54, 1.807) is 28.5 Å². The lowest BCUT2D eigenvalue weighted by atomic mass is 10.3. The Morgan fingerprint density at radius 1 is 1.30 bits per heavy atom. The summed E-state index contributed by atoms with van der Waals surface area (Å²) in [6.45, 7) is 4.82. The summed E-state index contributed by atoms with van der Waals surface area (Å²) >= 11 is 1.72. The maximum atomic E-state index is 4.42. The molecular weight excluding hydrogens is 272 g/mol. The van der Waals surface area contributed by atoms with Crippen LogP contribution >= 0.6 is 11.3 Å². The Hall–Kier alpha value is -2.28. The van der Waals surface area contributed by atoms with Crippen LogP contribution in [0.4, 0.5) is 5.69 Å². The molecule has 0 aliphatic heterocycles.